The summed E-state index contributed by atoms with van der Waals surface area (Å²) >= 11 is 0. The van der Waals surface area contributed by atoms with Crippen molar-refractivity contribution in [1.82, 2.24) is 58.5 Å². The molecule has 7 unspecified atom stereocenters. The minimum atomic E-state index is -6.18. The second-order valence-electron chi connectivity index (χ2n) is 18.0. The first-order valence-electron chi connectivity index (χ1n) is 22.8. The molecule has 0 aliphatic carbocycles. The van der Waals surface area contributed by atoms with Gasteiger partial charge in [-0.3, -0.25) is 47.1 Å². The molecule has 16 atom stereocenters. The van der Waals surface area contributed by atoms with E-state index in [9.17, 15) is 57.5 Å². The smallest absolute Gasteiger partial charge is 0.387 e. The van der Waals surface area contributed by atoms with Gasteiger partial charge in [-0.2, -0.15) is 13.6 Å². The minimum Gasteiger partial charge on any atom is -0.387 e. The van der Waals surface area contributed by atoms with Gasteiger partial charge in [-0.25, -0.2) is 38.2 Å². The Balaban J connectivity index is 0.816. The molecule has 6 aromatic heterocycles. The molecular weight excluding hydrogens is 1150 g/mol. The van der Waals surface area contributed by atoms with Crippen LogP contribution in [0.1, 0.15) is 25.6 Å². The fourth-order valence-corrected chi connectivity index (χ4v) is 14.2. The number of hydrogen-bond donors (Lipinski definition) is 10. The number of aryl methyl sites for hydroxylation is 1. The van der Waals surface area contributed by atoms with Crippen molar-refractivity contribution in [3.05, 3.63) is 46.0 Å². The second-order valence-corrected chi connectivity index (χ2v) is 23.6. The number of morpholine rings is 1. The van der Waals surface area contributed by atoms with E-state index in [0.717, 1.165) is 17.2 Å². The highest BCUT2D eigenvalue weighted by molar-refractivity contribution is 7.66. The van der Waals surface area contributed by atoms with E-state index < -0.39 is 142 Å². The average Bonchev–Trinajstić information content (AvgIpc) is 4.42. The number of rotatable bonds is 20. The Morgan fingerprint density at radius 3 is 2.20 bits per heavy atom. The van der Waals surface area contributed by atoms with E-state index in [1.807, 2.05) is 0 Å². The molecule has 1 amide bonds. The Bertz CT molecular complexity index is 3660. The number of hydrogen-bond acceptors (Lipinski definition) is 29. The van der Waals surface area contributed by atoms with Crippen LogP contribution in [-0.4, -0.2) is 184 Å². The number of aliphatic hydroxyl groups excluding tert-OH is 2. The Labute approximate surface area is 440 Å². The van der Waals surface area contributed by atoms with Gasteiger partial charge in [0.05, 0.1) is 39.5 Å². The molecule has 4 saturated heterocycles. The van der Waals surface area contributed by atoms with Crippen LogP contribution in [-0.2, 0) is 80.5 Å². The standard InChI is InChI=1S/C36H46N16O23P4/c1-13(53)49-7-36(24(66-4)18(49)31(72-36)52-12-48(2)19-28(52)45-35(39)47-30(19)57)8-69-78(61,62)75-79(63,64)74-77(59,60)68-6-15-22(23(65-3)33(71-15)50-10-42-16-25(37)40-9-41-26(16)50)73-76(58)67-5-14-20(54)21(55)32(70-14)51-11-43-17-27(51)44-34(38)46-29(17)56/h9-12,14-15,18,20-24,31-33,54-55H,5-8H2,1-4H3,(H9-2,37,38,39,40,41,44,45,46,47,56,57,59,60,61,62,63,64)/p+2/t14-,15-,18?,20?,21+,22?,23+,24-,31-,32-,33-,36-/m1/s1. The lowest BCUT2D eigenvalue weighted by Gasteiger charge is -2.35. The summed E-state index contributed by atoms with van der Waals surface area (Å²) in [6.45, 7) is -1.98. The zero-order valence-electron chi connectivity index (χ0n) is 41.0. The van der Waals surface area contributed by atoms with Crippen LogP contribution >= 0.6 is 31.7 Å². The van der Waals surface area contributed by atoms with Crippen LogP contribution in [0.3, 0.4) is 0 Å². The third-order valence-corrected chi connectivity index (χ3v) is 18.1. The number of carbonyl (C=O) groups excluding carboxylic acids is 1. The number of phosphoric ester groups is 2. The van der Waals surface area contributed by atoms with Gasteiger partial charge < -0.3 is 70.7 Å². The van der Waals surface area contributed by atoms with Crippen molar-refractivity contribution in [1.29, 1.82) is 0 Å². The molecule has 10 rings (SSSR count). The van der Waals surface area contributed by atoms with E-state index in [2.05, 4.69) is 48.5 Å². The number of phosphoric acid groups is 3. The first-order chi connectivity index (χ1) is 37.2. The number of methoxy groups -OCH3 is 2. The molecule has 4 aliphatic rings. The van der Waals surface area contributed by atoms with Crippen molar-refractivity contribution in [3.8, 4) is 0 Å². The number of fused-ring (bicyclic) bond motifs is 5. The number of carbonyl (C=O) groups is 1. The number of imidazole rings is 3. The second kappa shape index (κ2) is 21.0. The molecule has 0 saturated carbocycles. The van der Waals surface area contributed by atoms with Crippen LogP contribution in [0.15, 0.2) is 34.9 Å². The van der Waals surface area contributed by atoms with Crippen molar-refractivity contribution in [2.24, 2.45) is 7.05 Å². The van der Waals surface area contributed by atoms with Gasteiger partial charge in [0.1, 0.15) is 66.7 Å². The predicted octanol–water partition coefficient (Wildman–Crippen LogP) is -3.26. The van der Waals surface area contributed by atoms with Crippen LogP contribution in [0.4, 0.5) is 17.7 Å². The van der Waals surface area contributed by atoms with Crippen LogP contribution in [0.5, 0.6) is 0 Å². The highest BCUT2D eigenvalue weighted by Crippen LogP contribution is 2.68. The lowest BCUT2D eigenvalue weighted by molar-refractivity contribution is -0.747. The number of anilines is 3. The fourth-order valence-electron chi connectivity index (χ4n) is 9.86. The summed E-state index contributed by atoms with van der Waals surface area (Å²) in [6, 6.07) is -0.995. The minimum absolute atomic E-state index is 0.0238. The van der Waals surface area contributed by atoms with E-state index in [0.29, 0.717) is 0 Å². The van der Waals surface area contributed by atoms with Crippen LogP contribution < -0.4 is 32.9 Å². The summed E-state index contributed by atoms with van der Waals surface area (Å²) in [5, 5.41) is 21.8. The summed E-state index contributed by atoms with van der Waals surface area (Å²) in [7, 11) is -17.3. The monoisotopic (exact) mass is 1200 g/mol. The van der Waals surface area contributed by atoms with Gasteiger partial charge in [-0.05, 0) is 0 Å². The first-order valence-corrected chi connectivity index (χ1v) is 28.4. The largest absolute Gasteiger partial charge is 0.697 e. The molecular formula is C36H48N16O23P4+2. The topological polar surface area (TPSA) is 531 Å². The quantitative estimate of drug-likeness (QED) is 0.0265. The fraction of sp³-hybridized carbons (Fsp3) is 0.556. The van der Waals surface area contributed by atoms with Gasteiger partial charge in [0.25, 0.3) is 17.1 Å². The zero-order valence-corrected chi connectivity index (χ0v) is 44.6. The number of ether oxygens (including phenoxy) is 5. The average molecular weight is 1200 g/mol. The van der Waals surface area contributed by atoms with Gasteiger partial charge in [0.2, 0.25) is 23.6 Å². The predicted molar refractivity (Wildman–Crippen MR) is 256 cm³/mol. The Kier molecular flexibility index (Phi) is 15.0. The Morgan fingerprint density at radius 2 is 1.51 bits per heavy atom. The molecule has 13 N–H and O–H groups in total. The van der Waals surface area contributed by atoms with Gasteiger partial charge in [-0.1, -0.05) is 4.98 Å². The van der Waals surface area contributed by atoms with E-state index in [1.54, 1.807) is 0 Å². The number of nitrogens with zero attached hydrogens (tertiary/aromatic N) is 11. The summed E-state index contributed by atoms with van der Waals surface area (Å²) in [5.41, 5.74) is 14.3. The normalized spacial score (nSPS) is 30.4. The maximum Gasteiger partial charge on any atom is 0.697 e. The lowest BCUT2D eigenvalue weighted by atomic mass is 10.0. The Hall–Kier alpha value is -5.73. The molecule has 79 heavy (non-hydrogen) atoms. The van der Waals surface area contributed by atoms with E-state index in [-0.39, 0.29) is 57.8 Å². The van der Waals surface area contributed by atoms with Crippen molar-refractivity contribution in [2.75, 3.05) is 57.8 Å². The van der Waals surface area contributed by atoms with Crippen LogP contribution in [0, 0.1) is 0 Å². The van der Waals surface area contributed by atoms with Crippen LogP contribution in [0.2, 0.25) is 0 Å². The van der Waals surface area contributed by atoms with Crippen molar-refractivity contribution in [3.63, 3.8) is 0 Å². The maximum atomic E-state index is 13.6. The molecule has 0 aromatic carbocycles. The van der Waals surface area contributed by atoms with E-state index in [1.165, 1.54) is 59.4 Å². The molecule has 4 aliphatic heterocycles. The molecule has 10 heterocycles. The number of nitrogen functional groups attached to an aromatic ring is 3. The molecule has 0 spiro atoms. The number of nitrogens with one attached hydrogen (secondary N) is 2. The SMILES string of the molecule is CO[C@@H]1C2[C@H]([n+]3cn(C)c4c(=O)[nH]c(N)nc43)O[C@@]1(COP(=O)(O)OP(=O)(O)OP(=O)(O)OC[C@H]1O[C@@H](n3cnc4c(N)ncnc43)[C@@H](OC)C1O[P+](=O)OC[C@H]1O[C@@H](n3cnc4c(=O)[nH]c(N)nc43)[C@@H](O)C1O)CN2C(C)=O. The van der Waals surface area contributed by atoms with Crippen molar-refractivity contribution in [2.45, 2.75) is 80.0 Å². The third kappa shape index (κ3) is 10.5. The highest BCUT2D eigenvalue weighted by Gasteiger charge is 2.68. The summed E-state index contributed by atoms with van der Waals surface area (Å²) in [6.07, 6.45) is -9.75. The molecule has 428 valence electrons. The third-order valence-electron chi connectivity index (χ3n) is 13.1. The number of H-pyrrole nitrogens is 2. The summed E-state index contributed by atoms with van der Waals surface area (Å²) in [5.74, 6) is -1.08. The van der Waals surface area contributed by atoms with Gasteiger partial charge in [0.15, 0.2) is 47.5 Å². The molecule has 4 fully saturated rings. The number of likely N-dealkylation sites (tertiary alicyclic amines) is 1. The van der Waals surface area contributed by atoms with Gasteiger partial charge >= 0.3 is 37.4 Å². The zero-order chi connectivity index (χ0) is 56.8. The van der Waals surface area contributed by atoms with Crippen molar-refractivity contribution >= 4 is 88.8 Å². The van der Waals surface area contributed by atoms with Gasteiger partial charge in [-0.15, -0.1) is 9.05 Å². The lowest BCUT2D eigenvalue weighted by Crippen LogP contribution is -2.56. The molecule has 2 bridgehead atoms. The number of nitrogens with two attached hydrogens (primary N) is 3. The molecule has 6 aromatic rings. The highest BCUT2D eigenvalue weighted by atomic mass is 31.3. The van der Waals surface area contributed by atoms with Gasteiger partial charge in [0, 0.05) is 25.7 Å². The summed E-state index contributed by atoms with van der Waals surface area (Å²) in [4.78, 5) is 101. The Morgan fingerprint density at radius 1 is 0.848 bits per heavy atom. The van der Waals surface area contributed by atoms with E-state index >= 15 is 0 Å². The van der Waals surface area contributed by atoms with E-state index in [4.69, 9.17) is 59.0 Å². The van der Waals surface area contributed by atoms with Crippen molar-refractivity contribution < 1.29 is 103 Å². The molecule has 43 heteroatoms. The number of aliphatic hydroxyl groups is 2. The molecule has 0 radical (unpaired) electrons. The first kappa shape index (κ1) is 56.5. The number of amides is 1. The molecule has 39 nitrogen and oxygen atoms in total. The number of aromatic nitrogens is 12. The number of aromatic amines is 2. The summed E-state index contributed by atoms with van der Waals surface area (Å²) < 4.78 is 118. The maximum absolute atomic E-state index is 13.6. The van der Waals surface area contributed by atoms with Crippen LogP contribution in [0.25, 0.3) is 33.5 Å².